The average molecular weight is 211 g/mol. The van der Waals surface area contributed by atoms with Crippen LogP contribution in [0.1, 0.15) is 19.0 Å². The lowest BCUT2D eigenvalue weighted by molar-refractivity contribution is 0.0861. The Morgan fingerprint density at radius 1 is 1.33 bits per heavy atom. The molecule has 0 amide bonds. The van der Waals surface area contributed by atoms with E-state index in [1.165, 1.54) is 0 Å². The molecule has 0 saturated carbocycles. The molecule has 5 nitrogen and oxygen atoms in total. The topological polar surface area (TPSA) is 78.3 Å². The maximum Gasteiger partial charge on any atom is 0.0724 e. The third kappa shape index (κ3) is 3.23. The molecule has 15 heavy (non-hydrogen) atoms. The third-order valence-electron chi connectivity index (χ3n) is 2.54. The molecule has 1 aromatic heterocycles. The lowest BCUT2D eigenvalue weighted by Gasteiger charge is -2.29. The minimum Gasteiger partial charge on any atom is -0.394 e. The Morgan fingerprint density at radius 3 is 2.53 bits per heavy atom. The van der Waals surface area contributed by atoms with Gasteiger partial charge in [0.05, 0.1) is 24.4 Å². The van der Waals surface area contributed by atoms with Crippen molar-refractivity contribution in [3.63, 3.8) is 0 Å². The van der Waals surface area contributed by atoms with Gasteiger partial charge in [0.1, 0.15) is 0 Å². The first-order valence-electron chi connectivity index (χ1n) is 4.98. The van der Waals surface area contributed by atoms with Crippen molar-refractivity contribution in [3.05, 3.63) is 24.3 Å². The van der Waals surface area contributed by atoms with Crippen molar-refractivity contribution in [1.29, 1.82) is 0 Å². The van der Waals surface area contributed by atoms with Crippen LogP contribution in [0.5, 0.6) is 0 Å². The summed E-state index contributed by atoms with van der Waals surface area (Å²) in [5.74, 6) is 0. The van der Waals surface area contributed by atoms with Crippen LogP contribution in [-0.2, 0) is 6.54 Å². The molecule has 5 heteroatoms. The van der Waals surface area contributed by atoms with Gasteiger partial charge in [-0.15, -0.1) is 0 Å². The molecule has 1 rings (SSSR count). The molecule has 0 aliphatic rings. The van der Waals surface area contributed by atoms with E-state index in [4.69, 9.17) is 0 Å². The molecule has 0 aliphatic heterocycles. The van der Waals surface area contributed by atoms with Crippen LogP contribution in [0, 0.1) is 0 Å². The van der Waals surface area contributed by atoms with Crippen LogP contribution in [-0.4, -0.2) is 38.9 Å². The maximum absolute atomic E-state index is 9.20. The zero-order chi connectivity index (χ0) is 11.1. The first kappa shape index (κ1) is 12.0. The molecule has 0 bridgehead atoms. The van der Waals surface area contributed by atoms with Gasteiger partial charge in [0.25, 0.3) is 0 Å². The first-order valence-corrected chi connectivity index (χ1v) is 4.98. The van der Waals surface area contributed by atoms with Crippen LogP contribution in [0.25, 0.3) is 0 Å². The predicted molar refractivity (Wildman–Crippen MR) is 56.1 cm³/mol. The fourth-order valence-corrected chi connectivity index (χ4v) is 1.21. The molecule has 1 aromatic rings. The van der Waals surface area contributed by atoms with Crippen LogP contribution in [0.15, 0.2) is 18.6 Å². The molecule has 0 unspecified atom stereocenters. The summed E-state index contributed by atoms with van der Waals surface area (Å²) in [6, 6.07) is 0. The van der Waals surface area contributed by atoms with Gasteiger partial charge in [-0.25, -0.2) is 0 Å². The lowest BCUT2D eigenvalue weighted by atomic mass is 9.98. The van der Waals surface area contributed by atoms with E-state index in [1.54, 1.807) is 18.6 Å². The molecule has 1 heterocycles. The van der Waals surface area contributed by atoms with E-state index in [-0.39, 0.29) is 13.2 Å². The van der Waals surface area contributed by atoms with Gasteiger partial charge in [0.2, 0.25) is 0 Å². The van der Waals surface area contributed by atoms with Gasteiger partial charge in [-0.05, 0) is 6.42 Å². The van der Waals surface area contributed by atoms with E-state index in [0.29, 0.717) is 13.0 Å². The molecule has 0 atom stereocenters. The number of rotatable bonds is 6. The summed E-state index contributed by atoms with van der Waals surface area (Å²) in [6.07, 6.45) is 5.53. The van der Waals surface area contributed by atoms with Crippen molar-refractivity contribution >= 4 is 0 Å². The Hall–Kier alpha value is -1.04. The van der Waals surface area contributed by atoms with Crippen molar-refractivity contribution in [2.45, 2.75) is 25.4 Å². The van der Waals surface area contributed by atoms with E-state index < -0.39 is 5.54 Å². The molecule has 0 aliphatic carbocycles. The number of aliphatic hydroxyl groups excluding tert-OH is 2. The van der Waals surface area contributed by atoms with E-state index in [1.807, 2.05) is 6.92 Å². The summed E-state index contributed by atoms with van der Waals surface area (Å²) in [4.78, 5) is 8.03. The molecular formula is C10H17N3O2. The Kier molecular flexibility index (Phi) is 4.61. The third-order valence-corrected chi connectivity index (χ3v) is 2.54. The Morgan fingerprint density at radius 2 is 2.07 bits per heavy atom. The fourth-order valence-electron chi connectivity index (χ4n) is 1.21. The second-order valence-corrected chi connectivity index (χ2v) is 3.50. The average Bonchev–Trinajstić information content (AvgIpc) is 2.33. The molecule has 84 valence electrons. The number of aliphatic hydroxyl groups is 2. The van der Waals surface area contributed by atoms with E-state index in [9.17, 15) is 10.2 Å². The van der Waals surface area contributed by atoms with Gasteiger partial charge in [-0.2, -0.15) is 0 Å². The smallest absolute Gasteiger partial charge is 0.0724 e. The predicted octanol–water partition coefficient (Wildman–Crippen LogP) is -0.300. The second-order valence-electron chi connectivity index (χ2n) is 3.50. The highest BCUT2D eigenvalue weighted by molar-refractivity contribution is 4.96. The lowest BCUT2D eigenvalue weighted by Crippen LogP contribution is -2.50. The van der Waals surface area contributed by atoms with Crippen LogP contribution < -0.4 is 5.32 Å². The molecule has 0 radical (unpaired) electrons. The highest BCUT2D eigenvalue weighted by atomic mass is 16.3. The van der Waals surface area contributed by atoms with Crippen molar-refractivity contribution < 1.29 is 10.2 Å². The van der Waals surface area contributed by atoms with Crippen LogP contribution in [0.2, 0.25) is 0 Å². The Labute approximate surface area is 89.2 Å². The highest BCUT2D eigenvalue weighted by Crippen LogP contribution is 2.09. The van der Waals surface area contributed by atoms with E-state index in [2.05, 4.69) is 15.3 Å². The van der Waals surface area contributed by atoms with E-state index in [0.717, 1.165) is 5.69 Å². The van der Waals surface area contributed by atoms with Crippen molar-refractivity contribution in [1.82, 2.24) is 15.3 Å². The van der Waals surface area contributed by atoms with Crippen molar-refractivity contribution in [2.75, 3.05) is 13.2 Å². The summed E-state index contributed by atoms with van der Waals surface area (Å²) in [7, 11) is 0. The van der Waals surface area contributed by atoms with Gasteiger partial charge in [0.15, 0.2) is 0 Å². The summed E-state index contributed by atoms with van der Waals surface area (Å²) in [5.41, 5.74) is 0.162. The number of aromatic nitrogens is 2. The first-order chi connectivity index (χ1) is 7.26. The summed E-state index contributed by atoms with van der Waals surface area (Å²) >= 11 is 0. The van der Waals surface area contributed by atoms with E-state index >= 15 is 0 Å². The highest BCUT2D eigenvalue weighted by Gasteiger charge is 2.25. The molecule has 0 saturated heterocycles. The molecular weight excluding hydrogens is 194 g/mol. The summed E-state index contributed by atoms with van der Waals surface area (Å²) in [5, 5.41) is 21.5. The maximum atomic E-state index is 9.20. The van der Waals surface area contributed by atoms with Gasteiger partial charge < -0.3 is 15.5 Å². The standard InChI is InChI=1S/C10H17N3O2/c1-2-10(7-14,8-15)13-6-9-5-11-3-4-12-9/h3-5,13-15H,2,6-8H2,1H3. The van der Waals surface area contributed by atoms with Gasteiger partial charge in [-0.3, -0.25) is 9.97 Å². The molecule has 3 N–H and O–H groups in total. The van der Waals surface area contributed by atoms with Crippen molar-refractivity contribution in [3.8, 4) is 0 Å². The fraction of sp³-hybridized carbons (Fsp3) is 0.600. The van der Waals surface area contributed by atoms with Crippen LogP contribution in [0.3, 0.4) is 0 Å². The van der Waals surface area contributed by atoms with Crippen LogP contribution >= 0.6 is 0 Å². The van der Waals surface area contributed by atoms with Gasteiger partial charge in [0, 0.05) is 25.1 Å². The minimum atomic E-state index is -0.627. The second kappa shape index (κ2) is 5.75. The number of nitrogens with zero attached hydrogens (tertiary/aromatic N) is 2. The number of hydrogen-bond donors (Lipinski definition) is 3. The van der Waals surface area contributed by atoms with Crippen LogP contribution in [0.4, 0.5) is 0 Å². The molecule has 0 spiro atoms. The zero-order valence-electron chi connectivity index (χ0n) is 8.85. The normalized spacial score (nSPS) is 11.7. The largest absolute Gasteiger partial charge is 0.394 e. The van der Waals surface area contributed by atoms with Crippen molar-refractivity contribution in [2.24, 2.45) is 0 Å². The minimum absolute atomic E-state index is 0.0970. The summed E-state index contributed by atoms with van der Waals surface area (Å²) < 4.78 is 0. The summed E-state index contributed by atoms with van der Waals surface area (Å²) in [6.45, 7) is 2.21. The number of hydrogen-bond acceptors (Lipinski definition) is 5. The Balaban J connectivity index is 2.54. The SMILES string of the molecule is CCC(CO)(CO)NCc1cnccn1. The molecule has 0 fully saturated rings. The molecule has 0 aromatic carbocycles. The Bertz CT molecular complexity index is 267. The van der Waals surface area contributed by atoms with Gasteiger partial charge in [-0.1, -0.05) is 6.92 Å². The number of nitrogens with one attached hydrogen (secondary N) is 1. The zero-order valence-corrected chi connectivity index (χ0v) is 8.85. The quantitative estimate of drug-likeness (QED) is 0.602. The monoisotopic (exact) mass is 211 g/mol. The van der Waals surface area contributed by atoms with Gasteiger partial charge >= 0.3 is 0 Å².